The molecule has 0 bridgehead atoms. The van der Waals surface area contributed by atoms with Crippen molar-refractivity contribution < 1.29 is 23.8 Å². The van der Waals surface area contributed by atoms with Crippen LogP contribution in [0.1, 0.15) is 57.9 Å². The molecule has 0 aliphatic rings. The molecule has 3 rings (SSSR count). The van der Waals surface area contributed by atoms with Crippen molar-refractivity contribution in [2.75, 3.05) is 6.61 Å². The molecule has 2 aromatic carbocycles. The largest absolute Gasteiger partial charge is 0.492 e. The summed E-state index contributed by atoms with van der Waals surface area (Å²) in [5.41, 5.74) is 4.26. The van der Waals surface area contributed by atoms with Crippen LogP contribution in [-0.4, -0.2) is 40.2 Å². The first-order valence-electron chi connectivity index (χ1n) is 13.1. The number of nitrogens with one attached hydrogen (secondary N) is 1. The maximum Gasteiger partial charge on any atom is 0.407 e. The third kappa shape index (κ3) is 10.1. The number of halogens is 1. The number of nitrogens with zero attached hydrogens (tertiary/aromatic N) is 2. The number of carbonyl (C=O) groups is 2. The molecule has 0 saturated heterocycles. The van der Waals surface area contributed by atoms with E-state index < -0.39 is 11.7 Å². The number of hydrogen-bond donors (Lipinski definition) is 1. The molecule has 1 N–H and O–H groups in total. The van der Waals surface area contributed by atoms with Gasteiger partial charge in [0.05, 0.1) is 18.3 Å². The van der Waals surface area contributed by atoms with Crippen LogP contribution in [0.3, 0.4) is 0 Å². The Balaban J connectivity index is 1.65. The van der Waals surface area contributed by atoms with Gasteiger partial charge in [-0.3, -0.25) is 9.48 Å². The van der Waals surface area contributed by atoms with Crippen LogP contribution in [-0.2, 0) is 33.8 Å². The molecule has 9 heteroatoms. The molecule has 3 aromatic rings. The second-order valence-corrected chi connectivity index (χ2v) is 11.5. The first kappa shape index (κ1) is 30.2. The number of carbonyl (C=O) groups excluding carboxylic acids is 2. The van der Waals surface area contributed by atoms with Crippen molar-refractivity contribution in [3.8, 4) is 17.0 Å². The Morgan fingerprint density at radius 2 is 1.77 bits per heavy atom. The maximum atomic E-state index is 12.3. The fourth-order valence-electron chi connectivity index (χ4n) is 3.90. The molecule has 0 spiro atoms. The fourth-order valence-corrected chi connectivity index (χ4v) is 4.17. The molecule has 0 unspecified atom stereocenters. The van der Waals surface area contributed by atoms with Gasteiger partial charge in [0.1, 0.15) is 18.0 Å². The van der Waals surface area contributed by atoms with E-state index in [9.17, 15) is 9.59 Å². The van der Waals surface area contributed by atoms with Crippen LogP contribution in [0, 0.1) is 6.92 Å². The van der Waals surface area contributed by atoms with E-state index in [0.29, 0.717) is 25.3 Å². The number of amides is 1. The van der Waals surface area contributed by atoms with Gasteiger partial charge in [0.2, 0.25) is 0 Å². The third-order valence-corrected chi connectivity index (χ3v) is 6.18. The molecular formula is C30H38BrN3O5. The van der Waals surface area contributed by atoms with Gasteiger partial charge in [-0.1, -0.05) is 34.1 Å². The van der Waals surface area contributed by atoms with Crippen LogP contribution in [0.25, 0.3) is 11.3 Å². The van der Waals surface area contributed by atoms with Crippen molar-refractivity contribution >= 4 is 28.0 Å². The highest BCUT2D eigenvalue weighted by atomic mass is 79.9. The van der Waals surface area contributed by atoms with E-state index >= 15 is 0 Å². The van der Waals surface area contributed by atoms with Gasteiger partial charge in [-0.2, -0.15) is 5.10 Å². The van der Waals surface area contributed by atoms with Crippen molar-refractivity contribution in [3.05, 3.63) is 69.8 Å². The van der Waals surface area contributed by atoms with Gasteiger partial charge in [0.15, 0.2) is 0 Å². The summed E-state index contributed by atoms with van der Waals surface area (Å²) in [7, 11) is 0. The van der Waals surface area contributed by atoms with Crippen LogP contribution >= 0.6 is 15.9 Å². The monoisotopic (exact) mass is 599 g/mol. The highest BCUT2D eigenvalue weighted by Gasteiger charge is 2.17. The van der Waals surface area contributed by atoms with Crippen LogP contribution in [0.2, 0.25) is 0 Å². The van der Waals surface area contributed by atoms with E-state index in [2.05, 4.69) is 27.3 Å². The molecular weight excluding hydrogens is 562 g/mol. The molecule has 0 aliphatic heterocycles. The van der Waals surface area contributed by atoms with E-state index in [4.69, 9.17) is 19.3 Å². The second-order valence-electron chi connectivity index (χ2n) is 10.6. The summed E-state index contributed by atoms with van der Waals surface area (Å²) >= 11 is 3.47. The number of hydrogen-bond acceptors (Lipinski definition) is 6. The first-order valence-corrected chi connectivity index (χ1v) is 13.9. The fraction of sp³-hybridized carbons (Fsp3) is 0.433. The van der Waals surface area contributed by atoms with Gasteiger partial charge < -0.3 is 19.5 Å². The molecule has 8 nitrogen and oxygen atoms in total. The molecule has 1 amide bonds. The topological polar surface area (TPSA) is 91.7 Å². The Morgan fingerprint density at radius 3 is 2.44 bits per heavy atom. The molecule has 0 saturated carbocycles. The number of aryl methyl sites for hydroxylation is 2. The van der Waals surface area contributed by atoms with Crippen LogP contribution in [0.15, 0.2) is 53.0 Å². The van der Waals surface area contributed by atoms with Crippen LogP contribution in [0.5, 0.6) is 5.75 Å². The molecule has 1 heterocycles. The lowest BCUT2D eigenvalue weighted by Gasteiger charge is -2.20. The van der Waals surface area contributed by atoms with Crippen LogP contribution in [0.4, 0.5) is 4.79 Å². The van der Waals surface area contributed by atoms with E-state index in [-0.39, 0.29) is 25.0 Å². The predicted octanol–water partition coefficient (Wildman–Crippen LogP) is 6.61. The lowest BCUT2D eigenvalue weighted by Crippen LogP contribution is -2.27. The second kappa shape index (κ2) is 13.6. The molecule has 0 aliphatic carbocycles. The molecule has 0 radical (unpaired) electrons. The Morgan fingerprint density at radius 1 is 1.05 bits per heavy atom. The minimum Gasteiger partial charge on any atom is -0.492 e. The predicted molar refractivity (Wildman–Crippen MR) is 155 cm³/mol. The average Bonchev–Trinajstić information content (AvgIpc) is 3.21. The first-order chi connectivity index (χ1) is 18.4. The SMILES string of the molecule is Cc1cc(-c2ccc(Br)cc2)nn1CCOc1ccc(CCC(=O)OC(C)(C)C)c(CNC(=O)OC(C)C)c1. The summed E-state index contributed by atoms with van der Waals surface area (Å²) in [6, 6.07) is 15.8. The average molecular weight is 601 g/mol. The van der Waals surface area contributed by atoms with Gasteiger partial charge in [0, 0.05) is 28.7 Å². The summed E-state index contributed by atoms with van der Waals surface area (Å²) < 4.78 is 19.6. The quantitative estimate of drug-likeness (QED) is 0.249. The zero-order valence-electron chi connectivity index (χ0n) is 23.5. The normalized spacial score (nSPS) is 11.4. The van der Waals surface area contributed by atoms with Gasteiger partial charge >= 0.3 is 12.1 Å². The number of esters is 1. The van der Waals surface area contributed by atoms with Gasteiger partial charge in [-0.25, -0.2) is 4.79 Å². The molecule has 39 heavy (non-hydrogen) atoms. The summed E-state index contributed by atoms with van der Waals surface area (Å²) in [6.07, 6.45) is 0.00297. The molecule has 1 aromatic heterocycles. The number of rotatable bonds is 11. The minimum atomic E-state index is -0.536. The summed E-state index contributed by atoms with van der Waals surface area (Å²) in [5, 5.41) is 7.51. The van der Waals surface area contributed by atoms with Crippen molar-refractivity contribution in [2.45, 2.75) is 79.2 Å². The number of ether oxygens (including phenoxy) is 3. The van der Waals surface area contributed by atoms with Gasteiger partial charge in [-0.15, -0.1) is 0 Å². The molecule has 0 atom stereocenters. The Hall–Kier alpha value is -3.33. The van der Waals surface area contributed by atoms with Crippen molar-refractivity contribution in [2.24, 2.45) is 0 Å². The summed E-state index contributed by atoms with van der Waals surface area (Å²) in [4.78, 5) is 24.3. The van der Waals surface area contributed by atoms with E-state index in [0.717, 1.165) is 32.6 Å². The van der Waals surface area contributed by atoms with E-state index in [1.54, 1.807) is 13.8 Å². The van der Waals surface area contributed by atoms with Crippen LogP contribution < -0.4 is 10.1 Å². The van der Waals surface area contributed by atoms with Gasteiger partial charge in [0.25, 0.3) is 0 Å². The third-order valence-electron chi connectivity index (χ3n) is 5.66. The zero-order chi connectivity index (χ0) is 28.6. The zero-order valence-corrected chi connectivity index (χ0v) is 25.1. The highest BCUT2D eigenvalue weighted by Crippen LogP contribution is 2.23. The van der Waals surface area contributed by atoms with Crippen molar-refractivity contribution in [3.63, 3.8) is 0 Å². The maximum absolute atomic E-state index is 12.3. The Labute approximate surface area is 239 Å². The standard InChI is InChI=1S/C30H38BrN3O5/c1-20(2)38-29(36)32-19-24-18-26(13-9-22(24)10-14-28(35)39-30(4,5)6)37-16-15-34-21(3)17-27(33-34)23-7-11-25(31)12-8-23/h7-9,11-13,17-18,20H,10,14-16,19H2,1-6H3,(H,32,36). The van der Waals surface area contributed by atoms with E-state index in [1.165, 1.54) is 0 Å². The summed E-state index contributed by atoms with van der Waals surface area (Å²) in [6.45, 7) is 12.4. The number of aromatic nitrogens is 2. The smallest absolute Gasteiger partial charge is 0.407 e. The lowest BCUT2D eigenvalue weighted by molar-refractivity contribution is -0.154. The highest BCUT2D eigenvalue weighted by molar-refractivity contribution is 9.10. The molecule has 210 valence electrons. The summed E-state index contributed by atoms with van der Waals surface area (Å²) in [5.74, 6) is 0.404. The van der Waals surface area contributed by atoms with Crippen molar-refractivity contribution in [1.82, 2.24) is 15.1 Å². The Bertz CT molecular complexity index is 1260. The lowest BCUT2D eigenvalue weighted by atomic mass is 10.0. The minimum absolute atomic E-state index is 0.221. The Kier molecular flexibility index (Phi) is 10.6. The van der Waals surface area contributed by atoms with Crippen molar-refractivity contribution in [1.29, 1.82) is 0 Å². The van der Waals surface area contributed by atoms with Gasteiger partial charge in [-0.05, 0) is 89.4 Å². The van der Waals surface area contributed by atoms with E-state index in [1.807, 2.05) is 74.8 Å². The number of alkyl carbamates (subject to hydrolysis) is 1. The number of benzene rings is 2. The molecule has 0 fully saturated rings.